The highest BCUT2D eigenvalue weighted by molar-refractivity contribution is 7.11. The molecule has 0 aliphatic rings. The maximum absolute atomic E-state index is 5.71. The quantitative estimate of drug-likeness (QED) is 0.764. The SMILES string of the molecule is Cc1ncc(Cc2cccc(N)c2)s1. The van der Waals surface area contributed by atoms with Crippen molar-refractivity contribution in [3.63, 3.8) is 0 Å². The summed E-state index contributed by atoms with van der Waals surface area (Å²) in [5.74, 6) is 0. The average Bonchev–Trinajstić information content (AvgIpc) is 2.51. The number of nitrogens with zero attached hydrogens (tertiary/aromatic N) is 1. The number of hydrogen-bond acceptors (Lipinski definition) is 3. The molecule has 72 valence electrons. The molecule has 0 fully saturated rings. The van der Waals surface area contributed by atoms with Gasteiger partial charge >= 0.3 is 0 Å². The molecule has 0 bridgehead atoms. The molecule has 0 radical (unpaired) electrons. The van der Waals surface area contributed by atoms with E-state index in [1.807, 2.05) is 31.3 Å². The van der Waals surface area contributed by atoms with Gasteiger partial charge in [0.2, 0.25) is 0 Å². The van der Waals surface area contributed by atoms with Crippen molar-refractivity contribution < 1.29 is 0 Å². The summed E-state index contributed by atoms with van der Waals surface area (Å²) in [6.07, 6.45) is 2.86. The van der Waals surface area contributed by atoms with Crippen molar-refractivity contribution in [1.82, 2.24) is 4.98 Å². The fourth-order valence-electron chi connectivity index (χ4n) is 1.39. The van der Waals surface area contributed by atoms with Gasteiger partial charge in [-0.05, 0) is 24.6 Å². The average molecular weight is 204 g/mol. The minimum Gasteiger partial charge on any atom is -0.399 e. The lowest BCUT2D eigenvalue weighted by Gasteiger charge is -1.99. The van der Waals surface area contributed by atoms with E-state index in [0.29, 0.717) is 0 Å². The summed E-state index contributed by atoms with van der Waals surface area (Å²) < 4.78 is 0. The Morgan fingerprint density at radius 3 is 2.93 bits per heavy atom. The minimum atomic E-state index is 0.823. The van der Waals surface area contributed by atoms with E-state index in [9.17, 15) is 0 Å². The molecule has 0 aliphatic carbocycles. The van der Waals surface area contributed by atoms with Gasteiger partial charge in [-0.2, -0.15) is 0 Å². The van der Waals surface area contributed by atoms with E-state index in [2.05, 4.69) is 11.1 Å². The Hall–Kier alpha value is -1.35. The molecule has 2 aromatic rings. The van der Waals surface area contributed by atoms with E-state index >= 15 is 0 Å². The molecular weight excluding hydrogens is 192 g/mol. The van der Waals surface area contributed by atoms with Crippen molar-refractivity contribution in [2.75, 3.05) is 5.73 Å². The molecule has 3 heteroatoms. The molecule has 0 amide bonds. The van der Waals surface area contributed by atoms with Crippen LogP contribution in [0.4, 0.5) is 5.69 Å². The largest absolute Gasteiger partial charge is 0.399 e. The second-order valence-electron chi connectivity index (χ2n) is 3.27. The fraction of sp³-hybridized carbons (Fsp3) is 0.182. The zero-order valence-electron chi connectivity index (χ0n) is 8.03. The van der Waals surface area contributed by atoms with Gasteiger partial charge in [0.1, 0.15) is 0 Å². The first kappa shape index (κ1) is 9.21. The highest BCUT2D eigenvalue weighted by atomic mass is 32.1. The Balaban J connectivity index is 2.18. The lowest BCUT2D eigenvalue weighted by molar-refractivity contribution is 1.21. The molecule has 14 heavy (non-hydrogen) atoms. The van der Waals surface area contributed by atoms with Gasteiger partial charge < -0.3 is 5.73 Å². The summed E-state index contributed by atoms with van der Waals surface area (Å²) in [7, 11) is 0. The smallest absolute Gasteiger partial charge is 0.0896 e. The number of aromatic nitrogens is 1. The molecule has 0 unspecified atom stereocenters. The second kappa shape index (κ2) is 3.80. The Bertz CT molecular complexity index is 434. The van der Waals surface area contributed by atoms with E-state index in [4.69, 9.17) is 5.73 Å². The van der Waals surface area contributed by atoms with Gasteiger partial charge in [0.05, 0.1) is 5.01 Å². The molecule has 1 aromatic heterocycles. The number of thiazole rings is 1. The molecule has 2 rings (SSSR count). The zero-order valence-corrected chi connectivity index (χ0v) is 8.84. The van der Waals surface area contributed by atoms with Crippen LogP contribution in [-0.4, -0.2) is 4.98 Å². The molecule has 2 N–H and O–H groups in total. The lowest BCUT2D eigenvalue weighted by Crippen LogP contribution is -1.88. The Kier molecular flexibility index (Phi) is 2.50. The van der Waals surface area contributed by atoms with Crippen molar-refractivity contribution >= 4 is 17.0 Å². The van der Waals surface area contributed by atoms with E-state index in [0.717, 1.165) is 17.1 Å². The summed E-state index contributed by atoms with van der Waals surface area (Å²) in [5.41, 5.74) is 7.77. The first-order valence-corrected chi connectivity index (χ1v) is 5.31. The van der Waals surface area contributed by atoms with Crippen LogP contribution in [0.5, 0.6) is 0 Å². The molecule has 1 heterocycles. The van der Waals surface area contributed by atoms with Gasteiger partial charge in [0.25, 0.3) is 0 Å². The lowest BCUT2D eigenvalue weighted by atomic mass is 10.1. The van der Waals surface area contributed by atoms with Crippen molar-refractivity contribution in [2.45, 2.75) is 13.3 Å². The second-order valence-corrected chi connectivity index (χ2v) is 4.59. The highest BCUT2D eigenvalue weighted by Gasteiger charge is 2.00. The van der Waals surface area contributed by atoms with Crippen LogP contribution in [0.25, 0.3) is 0 Å². The summed E-state index contributed by atoms with van der Waals surface area (Å²) in [5, 5.41) is 1.11. The van der Waals surface area contributed by atoms with Crippen LogP contribution in [0.15, 0.2) is 30.5 Å². The topological polar surface area (TPSA) is 38.9 Å². The number of rotatable bonds is 2. The number of aryl methyl sites for hydroxylation is 1. The van der Waals surface area contributed by atoms with Crippen LogP contribution in [0, 0.1) is 6.92 Å². The molecule has 0 spiro atoms. The van der Waals surface area contributed by atoms with Crippen molar-refractivity contribution in [1.29, 1.82) is 0 Å². The van der Waals surface area contributed by atoms with Gasteiger partial charge in [-0.1, -0.05) is 12.1 Å². The van der Waals surface area contributed by atoms with Crippen molar-refractivity contribution in [3.8, 4) is 0 Å². The third-order valence-corrected chi connectivity index (χ3v) is 2.91. The van der Waals surface area contributed by atoms with E-state index in [1.165, 1.54) is 10.4 Å². The predicted octanol–water partition coefficient (Wildman–Crippen LogP) is 2.62. The third-order valence-electron chi connectivity index (χ3n) is 2.00. The molecule has 2 nitrogen and oxygen atoms in total. The number of hydrogen-bond donors (Lipinski definition) is 1. The van der Waals surface area contributed by atoms with Crippen molar-refractivity contribution in [2.24, 2.45) is 0 Å². The van der Waals surface area contributed by atoms with Gasteiger partial charge in [-0.3, -0.25) is 0 Å². The Morgan fingerprint density at radius 2 is 2.29 bits per heavy atom. The van der Waals surface area contributed by atoms with E-state index in [-0.39, 0.29) is 0 Å². The predicted molar refractivity (Wildman–Crippen MR) is 60.5 cm³/mol. The van der Waals surface area contributed by atoms with Gasteiger partial charge in [-0.15, -0.1) is 11.3 Å². The molecule has 0 atom stereocenters. The van der Waals surface area contributed by atoms with Crippen LogP contribution in [-0.2, 0) is 6.42 Å². The van der Waals surface area contributed by atoms with Gasteiger partial charge in [0.15, 0.2) is 0 Å². The minimum absolute atomic E-state index is 0.823. The van der Waals surface area contributed by atoms with E-state index < -0.39 is 0 Å². The zero-order chi connectivity index (χ0) is 9.97. The van der Waals surface area contributed by atoms with Gasteiger partial charge in [0, 0.05) is 23.2 Å². The molecule has 0 saturated carbocycles. The number of anilines is 1. The van der Waals surface area contributed by atoms with Crippen LogP contribution >= 0.6 is 11.3 Å². The number of nitrogens with two attached hydrogens (primary N) is 1. The third kappa shape index (κ3) is 2.12. The summed E-state index contributed by atoms with van der Waals surface area (Å²) in [6, 6.07) is 7.99. The molecular formula is C11H12N2S. The van der Waals surface area contributed by atoms with Crippen LogP contribution in [0.2, 0.25) is 0 Å². The summed E-state index contributed by atoms with van der Waals surface area (Å²) in [6.45, 7) is 2.02. The van der Waals surface area contributed by atoms with E-state index in [1.54, 1.807) is 11.3 Å². The first-order valence-electron chi connectivity index (χ1n) is 4.50. The number of benzene rings is 1. The van der Waals surface area contributed by atoms with Gasteiger partial charge in [-0.25, -0.2) is 4.98 Å². The normalized spacial score (nSPS) is 10.4. The number of nitrogen functional groups attached to an aromatic ring is 1. The molecule has 0 aliphatic heterocycles. The first-order chi connectivity index (χ1) is 6.74. The molecule has 0 saturated heterocycles. The van der Waals surface area contributed by atoms with Crippen LogP contribution in [0.3, 0.4) is 0 Å². The Morgan fingerprint density at radius 1 is 1.43 bits per heavy atom. The summed E-state index contributed by atoms with van der Waals surface area (Å²) in [4.78, 5) is 5.51. The maximum Gasteiger partial charge on any atom is 0.0896 e. The van der Waals surface area contributed by atoms with Crippen LogP contribution < -0.4 is 5.73 Å². The fourth-order valence-corrected chi connectivity index (χ4v) is 2.22. The van der Waals surface area contributed by atoms with Crippen molar-refractivity contribution in [3.05, 3.63) is 45.9 Å². The summed E-state index contributed by atoms with van der Waals surface area (Å²) >= 11 is 1.74. The molecule has 1 aromatic carbocycles. The highest BCUT2D eigenvalue weighted by Crippen LogP contribution is 2.17. The standard InChI is InChI=1S/C11H12N2S/c1-8-13-7-11(14-8)6-9-3-2-4-10(12)5-9/h2-5,7H,6,12H2,1H3. The van der Waals surface area contributed by atoms with Crippen LogP contribution in [0.1, 0.15) is 15.4 Å². The Labute approximate surface area is 87.4 Å². The monoisotopic (exact) mass is 204 g/mol. The maximum atomic E-state index is 5.71.